The minimum absolute atomic E-state index is 0.0232. The van der Waals surface area contributed by atoms with Gasteiger partial charge >= 0.3 is 0 Å². The van der Waals surface area contributed by atoms with E-state index in [-0.39, 0.29) is 11.2 Å². The second-order valence-corrected chi connectivity index (χ2v) is 4.25. The maximum Gasteiger partial charge on any atom is 0.261 e. The van der Waals surface area contributed by atoms with Gasteiger partial charge in [0.1, 0.15) is 0 Å². The van der Waals surface area contributed by atoms with E-state index in [0.717, 1.165) is 12.8 Å². The Morgan fingerprint density at radius 2 is 2.42 bits per heavy atom. The summed E-state index contributed by atoms with van der Waals surface area (Å²) in [5, 5.41) is 0.401. The van der Waals surface area contributed by atoms with E-state index in [4.69, 9.17) is 5.73 Å². The monoisotopic (exact) mass is 186 g/mol. The molecule has 1 heterocycles. The van der Waals surface area contributed by atoms with Crippen LogP contribution in [0.1, 0.15) is 26.7 Å². The minimum Gasteiger partial charge on any atom is -0.378 e. The van der Waals surface area contributed by atoms with Crippen LogP contribution in [0.2, 0.25) is 0 Å². The van der Waals surface area contributed by atoms with Crippen molar-refractivity contribution < 1.29 is 4.79 Å². The van der Waals surface area contributed by atoms with Gasteiger partial charge in [-0.2, -0.15) is 4.99 Å². The Morgan fingerprint density at radius 3 is 2.83 bits per heavy atom. The Kier molecular flexibility index (Phi) is 3.14. The summed E-state index contributed by atoms with van der Waals surface area (Å²) in [7, 11) is 0. The third kappa shape index (κ3) is 2.00. The highest BCUT2D eigenvalue weighted by Gasteiger charge is 2.31. The number of amidine groups is 1. The molecule has 1 amide bonds. The number of hydrogen-bond donors (Lipinski definition) is 1. The van der Waals surface area contributed by atoms with Gasteiger partial charge < -0.3 is 5.73 Å². The highest BCUT2D eigenvalue weighted by molar-refractivity contribution is 8.15. The summed E-state index contributed by atoms with van der Waals surface area (Å²) < 4.78 is 0. The first kappa shape index (κ1) is 9.58. The number of amides is 1. The summed E-state index contributed by atoms with van der Waals surface area (Å²) in [6.45, 7) is 4.19. The lowest BCUT2D eigenvalue weighted by Crippen LogP contribution is -2.20. The Morgan fingerprint density at radius 1 is 1.75 bits per heavy atom. The molecular weight excluding hydrogens is 172 g/mol. The lowest BCUT2D eigenvalue weighted by atomic mass is 10.0. The van der Waals surface area contributed by atoms with Gasteiger partial charge in [0, 0.05) is 0 Å². The molecule has 0 bridgehead atoms. The summed E-state index contributed by atoms with van der Waals surface area (Å²) in [5.41, 5.74) is 5.44. The van der Waals surface area contributed by atoms with Gasteiger partial charge in [-0.1, -0.05) is 32.0 Å². The highest BCUT2D eigenvalue weighted by atomic mass is 32.2. The lowest BCUT2D eigenvalue weighted by molar-refractivity contribution is -0.117. The van der Waals surface area contributed by atoms with Crippen LogP contribution in [0.25, 0.3) is 0 Å². The van der Waals surface area contributed by atoms with Gasteiger partial charge in [0.05, 0.1) is 5.25 Å². The average molecular weight is 186 g/mol. The zero-order chi connectivity index (χ0) is 9.14. The van der Waals surface area contributed by atoms with Crippen LogP contribution in [0.4, 0.5) is 0 Å². The molecule has 1 rings (SSSR count). The van der Waals surface area contributed by atoms with Crippen LogP contribution in [0.5, 0.6) is 0 Å². The number of carbonyl (C=O) groups is 1. The fourth-order valence-electron chi connectivity index (χ4n) is 1.35. The summed E-state index contributed by atoms with van der Waals surface area (Å²) >= 11 is 1.40. The molecule has 1 aliphatic heterocycles. The van der Waals surface area contributed by atoms with Gasteiger partial charge in [0.2, 0.25) is 0 Å². The van der Waals surface area contributed by atoms with Crippen LogP contribution < -0.4 is 5.73 Å². The molecule has 0 saturated carbocycles. The van der Waals surface area contributed by atoms with Crippen molar-refractivity contribution in [3.63, 3.8) is 0 Å². The first-order valence-corrected chi connectivity index (χ1v) is 5.07. The van der Waals surface area contributed by atoms with E-state index in [2.05, 4.69) is 18.8 Å². The second-order valence-electron chi connectivity index (χ2n) is 3.09. The van der Waals surface area contributed by atoms with E-state index in [9.17, 15) is 4.79 Å². The number of carbonyl (C=O) groups excluding carboxylic acids is 1. The lowest BCUT2D eigenvalue weighted by Gasteiger charge is -2.14. The van der Waals surface area contributed by atoms with Crippen LogP contribution in [0.15, 0.2) is 4.99 Å². The molecule has 2 atom stereocenters. The number of thioether (sulfide) groups is 1. The normalized spacial score (nSPS) is 25.7. The van der Waals surface area contributed by atoms with Crippen molar-refractivity contribution in [3.8, 4) is 0 Å². The molecule has 68 valence electrons. The zero-order valence-corrected chi connectivity index (χ0v) is 8.23. The average Bonchev–Trinajstić information content (AvgIpc) is 2.30. The predicted octanol–water partition coefficient (Wildman–Crippen LogP) is 1.38. The van der Waals surface area contributed by atoms with Gasteiger partial charge in [0.25, 0.3) is 5.91 Å². The summed E-state index contributed by atoms with van der Waals surface area (Å²) in [6, 6.07) is 0. The van der Waals surface area contributed by atoms with E-state index in [0.29, 0.717) is 11.1 Å². The third-order valence-corrected chi connectivity index (χ3v) is 3.23. The standard InChI is InChI=1S/C8H14N2OS/c1-3-4-5(2)6-7(11)10-8(9)12-6/h5-6H,3-4H2,1-2H3,(H2,9,10,11)/t5-,6-/m1/s1. The summed E-state index contributed by atoms with van der Waals surface area (Å²) in [4.78, 5) is 14.9. The number of rotatable bonds is 3. The van der Waals surface area contributed by atoms with Crippen LogP contribution in [-0.4, -0.2) is 16.3 Å². The summed E-state index contributed by atoms with van der Waals surface area (Å²) in [5.74, 6) is 0.329. The van der Waals surface area contributed by atoms with Crippen LogP contribution in [-0.2, 0) is 4.79 Å². The van der Waals surface area contributed by atoms with Gasteiger partial charge in [-0.25, -0.2) is 0 Å². The first-order chi connectivity index (χ1) is 5.65. The largest absolute Gasteiger partial charge is 0.378 e. The van der Waals surface area contributed by atoms with Crippen molar-refractivity contribution in [1.82, 2.24) is 0 Å². The molecule has 4 heteroatoms. The molecule has 3 nitrogen and oxygen atoms in total. The number of hydrogen-bond acceptors (Lipinski definition) is 3. The van der Waals surface area contributed by atoms with Crippen molar-refractivity contribution in [1.29, 1.82) is 0 Å². The second kappa shape index (κ2) is 3.94. The first-order valence-electron chi connectivity index (χ1n) is 4.19. The van der Waals surface area contributed by atoms with Crippen LogP contribution >= 0.6 is 11.8 Å². The SMILES string of the molecule is CCC[C@@H](C)[C@H]1SC(N)=NC1=O. The fourth-order valence-corrected chi connectivity index (χ4v) is 2.27. The molecule has 0 aliphatic carbocycles. The maximum atomic E-state index is 11.2. The van der Waals surface area contributed by atoms with E-state index >= 15 is 0 Å². The molecule has 0 aromatic carbocycles. The highest BCUT2D eigenvalue weighted by Crippen LogP contribution is 2.28. The van der Waals surface area contributed by atoms with Crippen LogP contribution in [0.3, 0.4) is 0 Å². The molecule has 0 radical (unpaired) electrons. The predicted molar refractivity (Wildman–Crippen MR) is 52.1 cm³/mol. The fraction of sp³-hybridized carbons (Fsp3) is 0.750. The van der Waals surface area contributed by atoms with Crippen LogP contribution in [0, 0.1) is 5.92 Å². The Labute approximate surface area is 76.8 Å². The topological polar surface area (TPSA) is 55.4 Å². The van der Waals surface area contributed by atoms with E-state index < -0.39 is 0 Å². The van der Waals surface area contributed by atoms with Gasteiger partial charge in [-0.05, 0) is 12.3 Å². The van der Waals surface area contributed by atoms with E-state index in [1.54, 1.807) is 0 Å². The maximum absolute atomic E-state index is 11.2. The van der Waals surface area contributed by atoms with E-state index in [1.165, 1.54) is 11.8 Å². The molecule has 12 heavy (non-hydrogen) atoms. The molecule has 0 aromatic heterocycles. The Hall–Kier alpha value is -0.510. The third-order valence-electron chi connectivity index (χ3n) is 1.97. The zero-order valence-electron chi connectivity index (χ0n) is 7.41. The van der Waals surface area contributed by atoms with E-state index in [1.807, 2.05) is 0 Å². The smallest absolute Gasteiger partial charge is 0.261 e. The number of nitrogens with two attached hydrogens (primary N) is 1. The van der Waals surface area contributed by atoms with Gasteiger partial charge in [0.15, 0.2) is 5.17 Å². The summed E-state index contributed by atoms with van der Waals surface area (Å²) in [6.07, 6.45) is 2.16. The van der Waals surface area contributed by atoms with Crippen molar-refractivity contribution in [2.45, 2.75) is 31.9 Å². The molecule has 0 spiro atoms. The molecule has 0 unspecified atom stereocenters. The molecule has 0 aromatic rings. The Bertz CT molecular complexity index is 215. The van der Waals surface area contributed by atoms with Crippen molar-refractivity contribution in [2.24, 2.45) is 16.6 Å². The molecule has 0 saturated heterocycles. The van der Waals surface area contributed by atoms with Crippen molar-refractivity contribution >= 4 is 22.8 Å². The Balaban J connectivity index is 2.51. The van der Waals surface area contributed by atoms with Gasteiger partial charge in [-0.3, -0.25) is 4.79 Å². The molecule has 0 fully saturated rings. The quantitative estimate of drug-likeness (QED) is 0.724. The number of nitrogens with zero attached hydrogens (tertiary/aromatic N) is 1. The molecule has 1 aliphatic rings. The molecule has 2 N–H and O–H groups in total. The molecular formula is C8H14N2OS. The van der Waals surface area contributed by atoms with Crippen molar-refractivity contribution in [3.05, 3.63) is 0 Å². The van der Waals surface area contributed by atoms with Crippen molar-refractivity contribution in [2.75, 3.05) is 0 Å². The van der Waals surface area contributed by atoms with Gasteiger partial charge in [-0.15, -0.1) is 0 Å². The minimum atomic E-state index is -0.0570. The number of aliphatic imine (C=N–C) groups is 1.